The number of carbonyl (C=O) groups excluding carboxylic acids is 5. The summed E-state index contributed by atoms with van der Waals surface area (Å²) in [7, 11) is 0. The summed E-state index contributed by atoms with van der Waals surface area (Å²) in [6.45, 7) is 14.5. The van der Waals surface area contributed by atoms with Gasteiger partial charge in [0.2, 0.25) is 0 Å². The lowest BCUT2D eigenvalue weighted by Gasteiger charge is -2.43. The van der Waals surface area contributed by atoms with Crippen molar-refractivity contribution in [3.05, 3.63) is 23.8 Å². The van der Waals surface area contributed by atoms with Gasteiger partial charge < -0.3 is 18.9 Å². The second kappa shape index (κ2) is 12.3. The molecule has 0 spiro atoms. The maximum Gasteiger partial charge on any atom is 0.305 e. The first-order valence-corrected chi connectivity index (χ1v) is 13.2. The van der Waals surface area contributed by atoms with Gasteiger partial charge in [0.15, 0.2) is 5.60 Å². The van der Waals surface area contributed by atoms with Crippen LogP contribution in [-0.2, 0) is 42.9 Å². The van der Waals surface area contributed by atoms with Crippen molar-refractivity contribution < 1.29 is 42.9 Å². The van der Waals surface area contributed by atoms with E-state index in [9.17, 15) is 24.0 Å². The highest BCUT2D eigenvalue weighted by Gasteiger charge is 2.62. The summed E-state index contributed by atoms with van der Waals surface area (Å²) in [5, 5.41) is 0. The molecular formula is C29H42O9. The molecule has 0 N–H and O–H groups in total. The van der Waals surface area contributed by atoms with Crippen LogP contribution in [0.2, 0.25) is 0 Å². The zero-order valence-corrected chi connectivity index (χ0v) is 24.0. The van der Waals surface area contributed by atoms with Crippen LogP contribution in [0.3, 0.4) is 0 Å². The molecule has 7 atom stereocenters. The highest BCUT2D eigenvalue weighted by molar-refractivity contribution is 5.87. The zero-order chi connectivity index (χ0) is 29.0. The summed E-state index contributed by atoms with van der Waals surface area (Å²) in [5.41, 5.74) is -1.77. The molecule has 0 aromatic heterocycles. The van der Waals surface area contributed by atoms with Gasteiger partial charge in [0.25, 0.3) is 0 Å². The van der Waals surface area contributed by atoms with E-state index >= 15 is 0 Å². The Morgan fingerprint density at radius 3 is 2.11 bits per heavy atom. The second-order valence-electron chi connectivity index (χ2n) is 11.2. The summed E-state index contributed by atoms with van der Waals surface area (Å²) in [5.74, 6) is -3.78. The second-order valence-corrected chi connectivity index (χ2v) is 11.2. The lowest BCUT2D eigenvalue weighted by Crippen LogP contribution is -2.55. The number of rotatable bonds is 5. The first-order valence-electron chi connectivity index (χ1n) is 13.2. The lowest BCUT2D eigenvalue weighted by molar-refractivity contribution is -0.196. The molecule has 0 amide bonds. The maximum absolute atomic E-state index is 13.3. The average Bonchev–Trinajstić information content (AvgIpc) is 3.04. The molecule has 9 heteroatoms. The van der Waals surface area contributed by atoms with E-state index in [2.05, 4.69) is 0 Å². The van der Waals surface area contributed by atoms with Crippen LogP contribution in [0.15, 0.2) is 23.8 Å². The Kier molecular flexibility index (Phi) is 10.1. The van der Waals surface area contributed by atoms with Crippen molar-refractivity contribution in [2.75, 3.05) is 0 Å². The topological polar surface area (TPSA) is 122 Å². The molecule has 0 heterocycles. The van der Waals surface area contributed by atoms with Gasteiger partial charge in [0.05, 0.1) is 5.92 Å². The molecule has 0 aliphatic heterocycles. The quantitative estimate of drug-likeness (QED) is 0.289. The van der Waals surface area contributed by atoms with Crippen molar-refractivity contribution in [1.82, 2.24) is 0 Å². The number of carbonyl (C=O) groups is 5. The number of ketones is 1. The van der Waals surface area contributed by atoms with Gasteiger partial charge in [0, 0.05) is 44.9 Å². The third kappa shape index (κ3) is 7.11. The molecule has 1 fully saturated rings. The molecule has 9 nitrogen and oxygen atoms in total. The fourth-order valence-corrected chi connectivity index (χ4v) is 5.52. The molecule has 0 unspecified atom stereocenters. The minimum Gasteiger partial charge on any atom is -0.461 e. The standard InChI is InChI=1S/C29H42O9/c1-10-25(34)37-26-18(4)15-29(38-21(7)32)22(26)13-17(3)23(35-19(5)30)14-24(33)28(8,9)12-11-16(2)27(29)36-20(6)31/h11-13,16,18,22-23,26-27H,10,14-15H2,1-9H3/b12-11+,17-13+/t16-,18+,22-,23+,26-,27+,29+/m0/s1. The van der Waals surface area contributed by atoms with E-state index in [1.165, 1.54) is 20.8 Å². The molecule has 0 bridgehead atoms. The van der Waals surface area contributed by atoms with Crippen LogP contribution in [0.4, 0.5) is 0 Å². The van der Waals surface area contributed by atoms with Gasteiger partial charge in [-0.15, -0.1) is 0 Å². The lowest BCUT2D eigenvalue weighted by atomic mass is 9.75. The number of esters is 4. The van der Waals surface area contributed by atoms with Crippen LogP contribution in [0.25, 0.3) is 0 Å². The summed E-state index contributed by atoms with van der Waals surface area (Å²) >= 11 is 0. The van der Waals surface area contributed by atoms with Gasteiger partial charge in [0.1, 0.15) is 24.1 Å². The van der Waals surface area contributed by atoms with E-state index in [1.807, 2.05) is 13.8 Å². The molecule has 212 valence electrons. The molecule has 1 saturated carbocycles. The van der Waals surface area contributed by atoms with Crippen molar-refractivity contribution in [3.63, 3.8) is 0 Å². The number of allylic oxidation sites excluding steroid dienone is 1. The monoisotopic (exact) mass is 534 g/mol. The highest BCUT2D eigenvalue weighted by Crippen LogP contribution is 2.51. The number of Topliss-reactive ketones (excluding diaryl/α,β-unsaturated/α-hetero) is 1. The van der Waals surface area contributed by atoms with Crippen LogP contribution >= 0.6 is 0 Å². The maximum atomic E-state index is 13.3. The van der Waals surface area contributed by atoms with Gasteiger partial charge in [-0.1, -0.05) is 39.0 Å². The largest absolute Gasteiger partial charge is 0.461 e. The van der Waals surface area contributed by atoms with Crippen LogP contribution in [0.5, 0.6) is 0 Å². The van der Waals surface area contributed by atoms with E-state index in [4.69, 9.17) is 18.9 Å². The van der Waals surface area contributed by atoms with Crippen LogP contribution in [0.1, 0.15) is 81.6 Å². The Morgan fingerprint density at radius 2 is 1.58 bits per heavy atom. The summed E-state index contributed by atoms with van der Waals surface area (Å²) < 4.78 is 23.4. The number of ether oxygens (including phenoxy) is 4. The predicted octanol–water partition coefficient (Wildman–Crippen LogP) is 4.27. The van der Waals surface area contributed by atoms with Crippen molar-refractivity contribution in [2.45, 2.75) is 105 Å². The third-order valence-corrected chi connectivity index (χ3v) is 7.43. The Balaban J connectivity index is 2.90. The molecule has 2 aliphatic rings. The molecule has 38 heavy (non-hydrogen) atoms. The highest BCUT2D eigenvalue weighted by atomic mass is 16.6. The van der Waals surface area contributed by atoms with Crippen LogP contribution in [0, 0.1) is 23.2 Å². The minimum absolute atomic E-state index is 0.0662. The van der Waals surface area contributed by atoms with Gasteiger partial charge in [-0.25, -0.2) is 0 Å². The fraction of sp³-hybridized carbons (Fsp3) is 0.690. The fourth-order valence-electron chi connectivity index (χ4n) is 5.52. The average molecular weight is 535 g/mol. The van der Waals surface area contributed by atoms with E-state index in [-0.39, 0.29) is 31.0 Å². The zero-order valence-electron chi connectivity index (χ0n) is 24.0. The predicted molar refractivity (Wildman–Crippen MR) is 139 cm³/mol. The molecule has 0 aromatic rings. The van der Waals surface area contributed by atoms with Crippen molar-refractivity contribution in [1.29, 1.82) is 0 Å². The van der Waals surface area contributed by atoms with Crippen LogP contribution in [-0.4, -0.2) is 53.6 Å². The molecule has 0 aromatic carbocycles. The van der Waals surface area contributed by atoms with Gasteiger partial charge in [-0.2, -0.15) is 0 Å². The summed E-state index contributed by atoms with van der Waals surface area (Å²) in [6.07, 6.45) is 3.04. The first-order chi connectivity index (χ1) is 17.5. The van der Waals surface area contributed by atoms with E-state index in [0.717, 1.165) is 0 Å². The molecule has 2 aliphatic carbocycles. The normalized spacial score (nSPS) is 35.3. The number of fused-ring (bicyclic) bond motifs is 1. The van der Waals surface area contributed by atoms with Gasteiger partial charge in [-0.3, -0.25) is 24.0 Å². The molecular weight excluding hydrogens is 492 g/mol. The Morgan fingerprint density at radius 1 is 0.974 bits per heavy atom. The molecule has 0 saturated heterocycles. The van der Waals surface area contributed by atoms with Crippen molar-refractivity contribution in [2.24, 2.45) is 23.2 Å². The summed E-state index contributed by atoms with van der Waals surface area (Å²) in [4.78, 5) is 62.7. The Labute approximate surface area is 225 Å². The van der Waals surface area contributed by atoms with Gasteiger partial charge in [-0.05, 0) is 38.7 Å². The Hall–Kier alpha value is -2.97. The van der Waals surface area contributed by atoms with E-state index in [1.54, 1.807) is 45.9 Å². The van der Waals surface area contributed by atoms with E-state index < -0.39 is 65.0 Å². The number of hydrogen-bond acceptors (Lipinski definition) is 9. The molecule has 0 radical (unpaired) electrons. The summed E-state index contributed by atoms with van der Waals surface area (Å²) in [6, 6.07) is 0. The van der Waals surface area contributed by atoms with Gasteiger partial charge >= 0.3 is 23.9 Å². The van der Waals surface area contributed by atoms with E-state index in [0.29, 0.717) is 5.57 Å². The Bertz CT molecular complexity index is 1010. The van der Waals surface area contributed by atoms with Crippen molar-refractivity contribution in [3.8, 4) is 0 Å². The number of hydrogen-bond donors (Lipinski definition) is 0. The van der Waals surface area contributed by atoms with Crippen molar-refractivity contribution >= 4 is 29.7 Å². The van der Waals surface area contributed by atoms with Crippen LogP contribution < -0.4 is 0 Å². The SMILES string of the molecule is CCC(=O)O[C@H]1[C@H](C)C[C@]2(OC(C)=O)[C@H](OC(C)=O)[C@@H](C)/C=C/C(C)(C)C(=O)C[C@@H](OC(C)=O)/C(C)=C/[C@@H]12. The third-order valence-electron chi connectivity index (χ3n) is 7.43. The molecule has 2 rings (SSSR count). The minimum atomic E-state index is -1.39. The first kappa shape index (κ1) is 31.2. The smallest absolute Gasteiger partial charge is 0.305 e.